The molecular formula is C13H14OS. The lowest BCUT2D eigenvalue weighted by Gasteiger charge is -1.96. The predicted octanol–water partition coefficient (Wildman–Crippen LogP) is 3.48. The van der Waals surface area contributed by atoms with Gasteiger partial charge in [0.1, 0.15) is 0 Å². The van der Waals surface area contributed by atoms with Crippen LogP contribution in [-0.2, 0) is 4.79 Å². The number of ketones is 1. The average Bonchev–Trinajstić information content (AvgIpc) is 2.28. The van der Waals surface area contributed by atoms with Gasteiger partial charge in [0, 0.05) is 4.90 Å². The normalized spacial score (nSPS) is 11.3. The number of hydrogen-bond acceptors (Lipinski definition) is 2. The summed E-state index contributed by atoms with van der Waals surface area (Å²) in [7, 11) is 0. The summed E-state index contributed by atoms with van der Waals surface area (Å²) in [5, 5.41) is 0. The van der Waals surface area contributed by atoms with E-state index in [-0.39, 0.29) is 5.78 Å². The van der Waals surface area contributed by atoms with E-state index in [1.54, 1.807) is 23.9 Å². The Labute approximate surface area is 94.9 Å². The molecular weight excluding hydrogens is 204 g/mol. The number of rotatable bonds is 5. The van der Waals surface area contributed by atoms with Crippen molar-refractivity contribution in [1.29, 1.82) is 0 Å². The molecule has 2 heteroatoms. The van der Waals surface area contributed by atoms with Crippen LogP contribution in [0.3, 0.4) is 0 Å². The third kappa shape index (κ3) is 5.23. The minimum Gasteiger partial charge on any atom is -0.294 e. The molecule has 1 aromatic rings. The van der Waals surface area contributed by atoms with E-state index < -0.39 is 0 Å². The molecule has 0 saturated heterocycles. The zero-order valence-electron chi connectivity index (χ0n) is 8.72. The van der Waals surface area contributed by atoms with Gasteiger partial charge in [-0.25, -0.2) is 0 Å². The second-order valence-corrected chi connectivity index (χ2v) is 4.00. The lowest BCUT2D eigenvalue weighted by atomic mass is 10.3. The number of benzene rings is 1. The first-order valence-corrected chi connectivity index (χ1v) is 5.81. The summed E-state index contributed by atoms with van der Waals surface area (Å²) >= 11 is 1.56. The zero-order chi connectivity index (χ0) is 10.9. The molecule has 0 bridgehead atoms. The summed E-state index contributed by atoms with van der Waals surface area (Å²) in [5.41, 5.74) is 0. The largest absolute Gasteiger partial charge is 0.294 e. The molecule has 0 aliphatic rings. The smallest absolute Gasteiger partial charge is 0.165 e. The Morgan fingerprint density at radius 2 is 2.00 bits per heavy atom. The summed E-state index contributed by atoms with van der Waals surface area (Å²) in [6.45, 7) is 1.92. The molecule has 1 aromatic carbocycles. The summed E-state index contributed by atoms with van der Waals surface area (Å²) in [6.07, 6.45) is 7.13. The van der Waals surface area contributed by atoms with E-state index in [1.807, 2.05) is 49.4 Å². The summed E-state index contributed by atoms with van der Waals surface area (Å²) in [5.74, 6) is 0.639. The van der Waals surface area contributed by atoms with Crippen molar-refractivity contribution in [2.24, 2.45) is 0 Å². The van der Waals surface area contributed by atoms with Crippen LogP contribution < -0.4 is 0 Å². The molecule has 0 spiro atoms. The van der Waals surface area contributed by atoms with Crippen LogP contribution in [0.2, 0.25) is 0 Å². The minimum atomic E-state index is 0.141. The van der Waals surface area contributed by atoms with Gasteiger partial charge in [-0.15, -0.1) is 11.8 Å². The fourth-order valence-corrected chi connectivity index (χ4v) is 1.75. The lowest BCUT2D eigenvalue weighted by molar-refractivity contribution is -0.112. The minimum absolute atomic E-state index is 0.141. The van der Waals surface area contributed by atoms with Crippen LogP contribution in [0.25, 0.3) is 0 Å². The SMILES string of the molecule is C/C=C/C=C/C(=O)CSc1ccccc1. The van der Waals surface area contributed by atoms with Gasteiger partial charge in [0.25, 0.3) is 0 Å². The van der Waals surface area contributed by atoms with Crippen molar-refractivity contribution >= 4 is 17.5 Å². The molecule has 0 amide bonds. The van der Waals surface area contributed by atoms with Crippen LogP contribution in [0.1, 0.15) is 6.92 Å². The molecule has 0 unspecified atom stereocenters. The van der Waals surface area contributed by atoms with Crippen molar-refractivity contribution in [2.75, 3.05) is 5.75 Å². The van der Waals surface area contributed by atoms with E-state index in [2.05, 4.69) is 0 Å². The topological polar surface area (TPSA) is 17.1 Å². The third-order valence-corrected chi connectivity index (χ3v) is 2.74. The maximum Gasteiger partial charge on any atom is 0.165 e. The number of hydrogen-bond donors (Lipinski definition) is 0. The van der Waals surface area contributed by atoms with Gasteiger partial charge in [0.05, 0.1) is 5.75 Å². The van der Waals surface area contributed by atoms with Gasteiger partial charge in [-0.05, 0) is 25.1 Å². The Bertz CT molecular complexity index is 352. The molecule has 0 aliphatic heterocycles. The van der Waals surface area contributed by atoms with Gasteiger partial charge in [-0.1, -0.05) is 36.4 Å². The number of allylic oxidation sites excluding steroid dienone is 4. The summed E-state index contributed by atoms with van der Waals surface area (Å²) in [6, 6.07) is 9.93. The van der Waals surface area contributed by atoms with Gasteiger partial charge in [-0.3, -0.25) is 4.79 Å². The van der Waals surface area contributed by atoms with Gasteiger partial charge >= 0.3 is 0 Å². The molecule has 1 nitrogen and oxygen atoms in total. The maximum atomic E-state index is 11.3. The van der Waals surface area contributed by atoms with Gasteiger partial charge < -0.3 is 0 Å². The van der Waals surface area contributed by atoms with Crippen molar-refractivity contribution in [3.63, 3.8) is 0 Å². The van der Waals surface area contributed by atoms with Crippen molar-refractivity contribution in [3.05, 3.63) is 54.6 Å². The lowest BCUT2D eigenvalue weighted by Crippen LogP contribution is -1.95. The Morgan fingerprint density at radius 3 is 2.67 bits per heavy atom. The first kappa shape index (κ1) is 11.8. The number of thioether (sulfide) groups is 1. The third-order valence-electron chi connectivity index (χ3n) is 1.71. The summed E-state index contributed by atoms with van der Waals surface area (Å²) < 4.78 is 0. The Balaban J connectivity index is 2.35. The molecule has 0 N–H and O–H groups in total. The quantitative estimate of drug-likeness (QED) is 0.427. The van der Waals surface area contributed by atoms with E-state index in [9.17, 15) is 4.79 Å². The Morgan fingerprint density at radius 1 is 1.27 bits per heavy atom. The highest BCUT2D eigenvalue weighted by Crippen LogP contribution is 2.16. The maximum absolute atomic E-state index is 11.3. The fourth-order valence-electron chi connectivity index (χ4n) is 0.993. The van der Waals surface area contributed by atoms with E-state index >= 15 is 0 Å². The molecule has 0 radical (unpaired) electrons. The summed E-state index contributed by atoms with van der Waals surface area (Å²) in [4.78, 5) is 12.5. The Hall–Kier alpha value is -1.28. The zero-order valence-corrected chi connectivity index (χ0v) is 9.54. The second-order valence-electron chi connectivity index (χ2n) is 2.95. The molecule has 0 saturated carbocycles. The van der Waals surface area contributed by atoms with Crippen LogP contribution in [0.4, 0.5) is 0 Å². The van der Waals surface area contributed by atoms with Crippen molar-refractivity contribution in [3.8, 4) is 0 Å². The molecule has 0 aromatic heterocycles. The van der Waals surface area contributed by atoms with Gasteiger partial charge in [-0.2, -0.15) is 0 Å². The van der Waals surface area contributed by atoms with Crippen LogP contribution in [-0.4, -0.2) is 11.5 Å². The monoisotopic (exact) mass is 218 g/mol. The first-order chi connectivity index (χ1) is 7.33. The molecule has 1 rings (SSSR count). The molecule has 78 valence electrons. The predicted molar refractivity (Wildman–Crippen MR) is 66.1 cm³/mol. The highest BCUT2D eigenvalue weighted by Gasteiger charge is 1.97. The van der Waals surface area contributed by atoms with E-state index in [0.717, 1.165) is 4.90 Å². The van der Waals surface area contributed by atoms with E-state index in [1.165, 1.54) is 0 Å². The van der Waals surface area contributed by atoms with Crippen molar-refractivity contribution < 1.29 is 4.79 Å². The first-order valence-electron chi connectivity index (χ1n) is 4.83. The number of carbonyl (C=O) groups is 1. The van der Waals surface area contributed by atoms with Crippen molar-refractivity contribution in [2.45, 2.75) is 11.8 Å². The van der Waals surface area contributed by atoms with Gasteiger partial charge in [0.15, 0.2) is 5.78 Å². The van der Waals surface area contributed by atoms with Crippen LogP contribution >= 0.6 is 11.8 Å². The highest BCUT2D eigenvalue weighted by atomic mass is 32.2. The van der Waals surface area contributed by atoms with Crippen molar-refractivity contribution in [1.82, 2.24) is 0 Å². The number of carbonyl (C=O) groups excluding carboxylic acids is 1. The molecule has 0 aliphatic carbocycles. The molecule has 15 heavy (non-hydrogen) atoms. The second kappa shape index (κ2) is 7.07. The van der Waals surface area contributed by atoms with Crippen LogP contribution in [0.5, 0.6) is 0 Å². The molecule has 0 fully saturated rings. The van der Waals surface area contributed by atoms with Crippen LogP contribution in [0, 0.1) is 0 Å². The Kier molecular flexibility index (Phi) is 5.56. The fraction of sp³-hybridized carbons (Fsp3) is 0.154. The standard InChI is InChI=1S/C13H14OS/c1-2-3-5-8-12(14)11-15-13-9-6-4-7-10-13/h2-10H,11H2,1H3/b3-2+,8-5+. The van der Waals surface area contributed by atoms with E-state index in [4.69, 9.17) is 0 Å². The van der Waals surface area contributed by atoms with E-state index in [0.29, 0.717) is 5.75 Å². The molecule has 0 atom stereocenters. The van der Waals surface area contributed by atoms with Crippen LogP contribution in [0.15, 0.2) is 59.5 Å². The average molecular weight is 218 g/mol. The highest BCUT2D eigenvalue weighted by molar-refractivity contribution is 8.00. The van der Waals surface area contributed by atoms with Gasteiger partial charge in [0.2, 0.25) is 0 Å². The molecule has 0 heterocycles.